The Morgan fingerprint density at radius 2 is 2.07 bits per heavy atom. The minimum atomic E-state index is -0.134. The molecule has 4 nitrogen and oxygen atoms in total. The minimum absolute atomic E-state index is 0.0884. The number of hydrogen-bond donors (Lipinski definition) is 1. The van der Waals surface area contributed by atoms with Gasteiger partial charge in [-0.2, -0.15) is 4.98 Å². The van der Waals surface area contributed by atoms with Gasteiger partial charge >= 0.3 is 0 Å². The average Bonchev–Trinajstić information content (AvgIpc) is 2.38. The van der Waals surface area contributed by atoms with Gasteiger partial charge in [0.05, 0.1) is 11.9 Å². The molecule has 2 heterocycles. The van der Waals surface area contributed by atoms with Crippen LogP contribution in [0.4, 0.5) is 0 Å². The SMILES string of the molecule is CC(C)(C)c1c(O)nc2cnccn12. The lowest BCUT2D eigenvalue weighted by molar-refractivity contribution is 0.426. The highest BCUT2D eigenvalue weighted by atomic mass is 16.3. The Hall–Kier alpha value is -1.58. The van der Waals surface area contributed by atoms with Gasteiger partial charge in [-0.25, -0.2) is 0 Å². The average molecular weight is 191 g/mol. The maximum absolute atomic E-state index is 9.71. The molecule has 0 unspecified atom stereocenters. The van der Waals surface area contributed by atoms with E-state index in [1.165, 1.54) is 0 Å². The van der Waals surface area contributed by atoms with Crippen LogP contribution in [0.25, 0.3) is 5.65 Å². The third-order valence-corrected chi connectivity index (χ3v) is 2.12. The molecule has 4 heteroatoms. The number of hydrogen-bond acceptors (Lipinski definition) is 3. The summed E-state index contributed by atoms with van der Waals surface area (Å²) in [5.74, 6) is 0.0884. The second-order valence-electron chi connectivity index (χ2n) is 4.34. The predicted octanol–water partition coefficient (Wildman–Crippen LogP) is 1.73. The van der Waals surface area contributed by atoms with Crippen molar-refractivity contribution >= 4 is 5.65 Å². The molecule has 0 radical (unpaired) electrons. The van der Waals surface area contributed by atoms with E-state index in [1.54, 1.807) is 12.4 Å². The van der Waals surface area contributed by atoms with Gasteiger partial charge in [-0.05, 0) is 0 Å². The summed E-state index contributed by atoms with van der Waals surface area (Å²) in [6.07, 6.45) is 5.13. The van der Waals surface area contributed by atoms with Gasteiger partial charge in [0.15, 0.2) is 5.65 Å². The maximum Gasteiger partial charge on any atom is 0.234 e. The van der Waals surface area contributed by atoms with Crippen LogP contribution in [-0.2, 0) is 5.41 Å². The molecule has 0 fully saturated rings. The molecule has 0 spiro atoms. The van der Waals surface area contributed by atoms with Crippen molar-refractivity contribution in [3.05, 3.63) is 24.3 Å². The largest absolute Gasteiger partial charge is 0.492 e. The number of rotatable bonds is 0. The van der Waals surface area contributed by atoms with Crippen LogP contribution in [0, 0.1) is 0 Å². The van der Waals surface area contributed by atoms with Crippen LogP contribution < -0.4 is 0 Å². The van der Waals surface area contributed by atoms with Crippen molar-refractivity contribution in [3.63, 3.8) is 0 Å². The number of fused-ring (bicyclic) bond motifs is 1. The fourth-order valence-electron chi connectivity index (χ4n) is 1.59. The number of aromatic nitrogens is 3. The molecule has 2 rings (SSSR count). The van der Waals surface area contributed by atoms with Crippen molar-refractivity contribution < 1.29 is 5.11 Å². The van der Waals surface area contributed by atoms with Crippen LogP contribution >= 0.6 is 0 Å². The van der Waals surface area contributed by atoms with Crippen LogP contribution in [0.3, 0.4) is 0 Å². The molecule has 74 valence electrons. The lowest BCUT2D eigenvalue weighted by atomic mass is 9.92. The predicted molar refractivity (Wildman–Crippen MR) is 53.4 cm³/mol. The Labute approximate surface area is 82.2 Å². The molecule has 0 aromatic carbocycles. The van der Waals surface area contributed by atoms with Crippen LogP contribution in [-0.4, -0.2) is 19.5 Å². The van der Waals surface area contributed by atoms with Gasteiger partial charge < -0.3 is 5.11 Å². The summed E-state index contributed by atoms with van der Waals surface area (Å²) in [4.78, 5) is 7.99. The Morgan fingerprint density at radius 3 is 2.71 bits per heavy atom. The van der Waals surface area contributed by atoms with Crippen LogP contribution in [0.2, 0.25) is 0 Å². The third kappa shape index (κ3) is 1.23. The van der Waals surface area contributed by atoms with Gasteiger partial charge in [0.2, 0.25) is 5.88 Å². The Bertz CT molecular complexity index is 468. The van der Waals surface area contributed by atoms with E-state index in [1.807, 2.05) is 31.4 Å². The van der Waals surface area contributed by atoms with Crippen molar-refractivity contribution in [1.82, 2.24) is 14.4 Å². The van der Waals surface area contributed by atoms with Gasteiger partial charge in [-0.15, -0.1) is 0 Å². The van der Waals surface area contributed by atoms with Gasteiger partial charge in [-0.1, -0.05) is 20.8 Å². The fraction of sp³-hybridized carbons (Fsp3) is 0.400. The molecule has 0 aliphatic heterocycles. The summed E-state index contributed by atoms with van der Waals surface area (Å²) >= 11 is 0. The zero-order valence-electron chi connectivity index (χ0n) is 8.52. The molecule has 0 amide bonds. The summed E-state index contributed by atoms with van der Waals surface area (Å²) in [5, 5.41) is 9.71. The second-order valence-corrected chi connectivity index (χ2v) is 4.34. The first-order valence-corrected chi connectivity index (χ1v) is 4.51. The van der Waals surface area contributed by atoms with E-state index in [0.717, 1.165) is 5.69 Å². The molecule has 2 aromatic heterocycles. The van der Waals surface area contributed by atoms with Gasteiger partial charge in [-0.3, -0.25) is 9.38 Å². The summed E-state index contributed by atoms with van der Waals surface area (Å²) in [7, 11) is 0. The first-order valence-electron chi connectivity index (χ1n) is 4.51. The Morgan fingerprint density at radius 1 is 1.36 bits per heavy atom. The molecule has 2 aromatic rings. The minimum Gasteiger partial charge on any atom is -0.492 e. The van der Waals surface area contributed by atoms with Crippen molar-refractivity contribution in [2.75, 3.05) is 0 Å². The topological polar surface area (TPSA) is 50.4 Å². The van der Waals surface area contributed by atoms with Crippen LogP contribution in [0.5, 0.6) is 5.88 Å². The van der Waals surface area contributed by atoms with E-state index in [-0.39, 0.29) is 11.3 Å². The fourth-order valence-corrected chi connectivity index (χ4v) is 1.59. The molecule has 14 heavy (non-hydrogen) atoms. The third-order valence-electron chi connectivity index (χ3n) is 2.12. The number of nitrogens with zero attached hydrogens (tertiary/aromatic N) is 3. The Balaban J connectivity index is 2.81. The monoisotopic (exact) mass is 191 g/mol. The highest BCUT2D eigenvalue weighted by Crippen LogP contribution is 2.30. The van der Waals surface area contributed by atoms with Crippen molar-refractivity contribution in [3.8, 4) is 5.88 Å². The van der Waals surface area contributed by atoms with Crippen molar-refractivity contribution in [1.29, 1.82) is 0 Å². The molecule has 0 atom stereocenters. The lowest BCUT2D eigenvalue weighted by Gasteiger charge is -2.17. The molecular weight excluding hydrogens is 178 g/mol. The van der Waals surface area contributed by atoms with E-state index >= 15 is 0 Å². The second kappa shape index (κ2) is 2.70. The van der Waals surface area contributed by atoms with E-state index in [9.17, 15) is 5.11 Å². The standard InChI is InChI=1S/C10H13N3O/c1-10(2,3)8-9(14)12-7-6-11-4-5-13(7)8/h4-6,14H,1-3H3. The van der Waals surface area contributed by atoms with E-state index in [2.05, 4.69) is 9.97 Å². The lowest BCUT2D eigenvalue weighted by Crippen LogP contribution is -2.14. The van der Waals surface area contributed by atoms with E-state index < -0.39 is 0 Å². The van der Waals surface area contributed by atoms with E-state index in [0.29, 0.717) is 5.65 Å². The van der Waals surface area contributed by atoms with Gasteiger partial charge in [0.25, 0.3) is 0 Å². The zero-order valence-corrected chi connectivity index (χ0v) is 8.52. The van der Waals surface area contributed by atoms with Gasteiger partial charge in [0, 0.05) is 17.8 Å². The molecule has 0 saturated heterocycles. The first-order chi connectivity index (χ1) is 6.50. The molecule has 0 bridgehead atoms. The zero-order chi connectivity index (χ0) is 10.3. The molecule has 0 saturated carbocycles. The highest BCUT2D eigenvalue weighted by molar-refractivity contribution is 5.45. The van der Waals surface area contributed by atoms with Gasteiger partial charge in [0.1, 0.15) is 0 Å². The smallest absolute Gasteiger partial charge is 0.234 e. The molecule has 1 N–H and O–H groups in total. The summed E-state index contributed by atoms with van der Waals surface area (Å²) in [6.45, 7) is 6.11. The Kier molecular flexibility index (Phi) is 1.74. The van der Waals surface area contributed by atoms with E-state index in [4.69, 9.17) is 0 Å². The molecule has 0 aliphatic carbocycles. The highest BCUT2D eigenvalue weighted by Gasteiger charge is 2.23. The number of imidazole rings is 1. The van der Waals surface area contributed by atoms with Crippen LogP contribution in [0.15, 0.2) is 18.6 Å². The number of aromatic hydroxyl groups is 1. The van der Waals surface area contributed by atoms with Crippen molar-refractivity contribution in [2.45, 2.75) is 26.2 Å². The maximum atomic E-state index is 9.71. The molecular formula is C10H13N3O. The first kappa shape index (κ1) is 8.99. The molecule has 0 aliphatic rings. The summed E-state index contributed by atoms with van der Waals surface area (Å²) < 4.78 is 1.86. The van der Waals surface area contributed by atoms with Crippen LogP contribution in [0.1, 0.15) is 26.5 Å². The van der Waals surface area contributed by atoms with Crippen molar-refractivity contribution in [2.24, 2.45) is 0 Å². The normalized spacial score (nSPS) is 12.2. The summed E-state index contributed by atoms with van der Waals surface area (Å²) in [5.41, 5.74) is 1.36. The summed E-state index contributed by atoms with van der Waals surface area (Å²) in [6, 6.07) is 0. The quantitative estimate of drug-likeness (QED) is 0.690.